The molecular formula is C16H17FN4O3. The van der Waals surface area contributed by atoms with Crippen LogP contribution in [0.4, 0.5) is 4.39 Å². The first kappa shape index (κ1) is 15.2. The van der Waals surface area contributed by atoms with Crippen LogP contribution in [0.5, 0.6) is 0 Å². The monoisotopic (exact) mass is 332 g/mol. The number of hydrogen-bond acceptors (Lipinski definition) is 6. The first-order valence-corrected chi connectivity index (χ1v) is 8.01. The molecule has 8 heteroatoms. The largest absolute Gasteiger partial charge is 0.374 e. The summed E-state index contributed by atoms with van der Waals surface area (Å²) in [4.78, 5) is 22.7. The van der Waals surface area contributed by atoms with Gasteiger partial charge in [0.05, 0.1) is 18.9 Å². The summed E-state index contributed by atoms with van der Waals surface area (Å²) in [6.45, 7) is 2.66. The molecule has 2 aromatic rings. The number of morpholine rings is 1. The Hall–Kier alpha value is -2.35. The lowest BCUT2D eigenvalue weighted by Crippen LogP contribution is -2.47. The molecule has 2 aromatic heterocycles. The van der Waals surface area contributed by atoms with Crippen LogP contribution in [0.15, 0.2) is 22.9 Å². The lowest BCUT2D eigenvalue weighted by atomic mass is 10.1. The molecule has 2 fully saturated rings. The van der Waals surface area contributed by atoms with E-state index in [1.165, 1.54) is 12.1 Å². The minimum Gasteiger partial charge on any atom is -0.374 e. The Morgan fingerprint density at radius 1 is 1.38 bits per heavy atom. The average Bonchev–Trinajstić information content (AvgIpc) is 3.33. The fourth-order valence-electron chi connectivity index (χ4n) is 2.91. The Kier molecular flexibility index (Phi) is 3.76. The van der Waals surface area contributed by atoms with E-state index in [4.69, 9.17) is 9.26 Å². The SMILES string of the molecule is C[C@H]1OCCN(C(=O)c2ccc(F)cn2)[C@@H]1c1nc(C2CC2)no1. The Balaban J connectivity index is 1.63. The van der Waals surface area contributed by atoms with Gasteiger partial charge in [-0.15, -0.1) is 0 Å². The quantitative estimate of drug-likeness (QED) is 0.856. The molecule has 2 atom stereocenters. The van der Waals surface area contributed by atoms with Gasteiger partial charge in [-0.05, 0) is 31.9 Å². The Labute approximate surface area is 137 Å². The molecular weight excluding hydrogens is 315 g/mol. The summed E-state index contributed by atoms with van der Waals surface area (Å²) in [6, 6.07) is 2.12. The van der Waals surface area contributed by atoms with Gasteiger partial charge in [0.2, 0.25) is 0 Å². The third-order valence-electron chi connectivity index (χ3n) is 4.35. The minimum atomic E-state index is -0.482. The predicted octanol–water partition coefficient (Wildman–Crippen LogP) is 2.08. The number of rotatable bonds is 3. The molecule has 0 aromatic carbocycles. The van der Waals surface area contributed by atoms with Crippen molar-refractivity contribution in [2.45, 2.75) is 37.8 Å². The second-order valence-corrected chi connectivity index (χ2v) is 6.15. The summed E-state index contributed by atoms with van der Waals surface area (Å²) in [5.41, 5.74) is 0.178. The van der Waals surface area contributed by atoms with Crippen molar-refractivity contribution >= 4 is 5.91 Å². The lowest BCUT2D eigenvalue weighted by Gasteiger charge is -2.37. The molecule has 0 unspecified atom stereocenters. The summed E-state index contributed by atoms with van der Waals surface area (Å²) < 4.78 is 24.1. The highest BCUT2D eigenvalue weighted by molar-refractivity contribution is 5.92. The highest BCUT2D eigenvalue weighted by Gasteiger charge is 2.40. The Bertz CT molecular complexity index is 744. The molecule has 1 saturated heterocycles. The van der Waals surface area contributed by atoms with Crippen molar-refractivity contribution in [3.05, 3.63) is 41.6 Å². The number of nitrogens with zero attached hydrogens (tertiary/aromatic N) is 4. The average molecular weight is 332 g/mol. The van der Waals surface area contributed by atoms with E-state index >= 15 is 0 Å². The van der Waals surface area contributed by atoms with E-state index in [9.17, 15) is 9.18 Å². The lowest BCUT2D eigenvalue weighted by molar-refractivity contribution is -0.0602. The van der Waals surface area contributed by atoms with Crippen molar-refractivity contribution < 1.29 is 18.4 Å². The summed E-state index contributed by atoms with van der Waals surface area (Å²) in [5, 5.41) is 4.02. The van der Waals surface area contributed by atoms with Crippen molar-refractivity contribution in [3.63, 3.8) is 0 Å². The smallest absolute Gasteiger partial charge is 0.273 e. The molecule has 126 valence electrons. The normalized spacial score (nSPS) is 24.2. The van der Waals surface area contributed by atoms with Gasteiger partial charge in [0.1, 0.15) is 17.6 Å². The van der Waals surface area contributed by atoms with Gasteiger partial charge in [0, 0.05) is 12.5 Å². The minimum absolute atomic E-state index is 0.178. The van der Waals surface area contributed by atoms with Crippen molar-refractivity contribution in [2.75, 3.05) is 13.2 Å². The summed E-state index contributed by atoms with van der Waals surface area (Å²) in [6.07, 6.45) is 2.88. The van der Waals surface area contributed by atoms with Crippen molar-refractivity contribution in [2.24, 2.45) is 0 Å². The first-order chi connectivity index (χ1) is 11.6. The first-order valence-electron chi connectivity index (χ1n) is 8.01. The van der Waals surface area contributed by atoms with Gasteiger partial charge in [-0.3, -0.25) is 4.79 Å². The van der Waals surface area contributed by atoms with Crippen molar-refractivity contribution in [1.29, 1.82) is 0 Å². The Morgan fingerprint density at radius 2 is 2.21 bits per heavy atom. The number of carbonyl (C=O) groups excluding carboxylic acids is 1. The van der Waals surface area contributed by atoms with Crippen LogP contribution in [0.2, 0.25) is 0 Å². The van der Waals surface area contributed by atoms with E-state index in [1.54, 1.807) is 4.90 Å². The number of ether oxygens (including phenoxy) is 1. The van der Waals surface area contributed by atoms with Crippen LogP contribution in [0.1, 0.15) is 53.9 Å². The maximum atomic E-state index is 13.0. The third kappa shape index (κ3) is 2.77. The standard InChI is InChI=1S/C16H17FN4O3/c1-9-13(15-19-14(20-24-15)10-2-3-10)21(6-7-23-9)16(22)12-5-4-11(17)8-18-12/h4-5,8-10,13H,2-3,6-7H2,1H3/t9-,13+/m1/s1. The van der Waals surface area contributed by atoms with E-state index in [-0.39, 0.29) is 17.7 Å². The fourth-order valence-corrected chi connectivity index (χ4v) is 2.91. The zero-order valence-electron chi connectivity index (χ0n) is 13.2. The summed E-state index contributed by atoms with van der Waals surface area (Å²) in [5.74, 6) is 0.644. The summed E-state index contributed by atoms with van der Waals surface area (Å²) >= 11 is 0. The van der Waals surface area contributed by atoms with Gasteiger partial charge >= 0.3 is 0 Å². The molecule has 3 heterocycles. The molecule has 4 rings (SSSR count). The molecule has 1 aliphatic heterocycles. The van der Waals surface area contributed by atoms with Crippen LogP contribution < -0.4 is 0 Å². The molecule has 1 aliphatic carbocycles. The number of pyridine rings is 1. The highest BCUT2D eigenvalue weighted by Crippen LogP contribution is 2.39. The number of halogens is 1. The molecule has 0 radical (unpaired) electrons. The van der Waals surface area contributed by atoms with Crippen LogP contribution in [-0.2, 0) is 4.74 Å². The molecule has 1 saturated carbocycles. The highest BCUT2D eigenvalue weighted by atomic mass is 19.1. The molecule has 7 nitrogen and oxygen atoms in total. The van der Waals surface area contributed by atoms with Crippen LogP contribution in [0.25, 0.3) is 0 Å². The summed E-state index contributed by atoms with van der Waals surface area (Å²) in [7, 11) is 0. The molecule has 2 aliphatic rings. The van der Waals surface area contributed by atoms with Gasteiger partial charge < -0.3 is 14.2 Å². The van der Waals surface area contributed by atoms with Crippen LogP contribution >= 0.6 is 0 Å². The molecule has 1 amide bonds. The van der Waals surface area contributed by atoms with Crippen molar-refractivity contribution in [3.8, 4) is 0 Å². The van der Waals surface area contributed by atoms with Gasteiger partial charge in [-0.25, -0.2) is 9.37 Å². The fraction of sp³-hybridized carbons (Fsp3) is 0.500. The van der Waals surface area contributed by atoms with E-state index in [1.807, 2.05) is 6.92 Å². The number of carbonyl (C=O) groups is 1. The zero-order valence-corrected chi connectivity index (χ0v) is 13.2. The van der Waals surface area contributed by atoms with Gasteiger partial charge in [0.15, 0.2) is 5.82 Å². The van der Waals surface area contributed by atoms with Crippen LogP contribution in [-0.4, -0.2) is 45.2 Å². The van der Waals surface area contributed by atoms with E-state index in [2.05, 4.69) is 15.1 Å². The molecule has 0 spiro atoms. The number of aromatic nitrogens is 3. The van der Waals surface area contributed by atoms with Crippen LogP contribution in [0, 0.1) is 5.82 Å². The van der Waals surface area contributed by atoms with Crippen LogP contribution in [0.3, 0.4) is 0 Å². The van der Waals surface area contributed by atoms with E-state index in [0.717, 1.165) is 19.0 Å². The van der Waals surface area contributed by atoms with E-state index < -0.39 is 11.9 Å². The second-order valence-electron chi connectivity index (χ2n) is 6.15. The predicted molar refractivity (Wildman–Crippen MR) is 79.7 cm³/mol. The van der Waals surface area contributed by atoms with Gasteiger partial charge in [0.25, 0.3) is 11.8 Å². The second kappa shape index (κ2) is 5.94. The zero-order chi connectivity index (χ0) is 16.7. The van der Waals surface area contributed by atoms with E-state index in [0.29, 0.717) is 30.8 Å². The van der Waals surface area contributed by atoms with Crippen molar-refractivity contribution in [1.82, 2.24) is 20.0 Å². The number of amides is 1. The maximum Gasteiger partial charge on any atom is 0.273 e. The van der Waals surface area contributed by atoms with Gasteiger partial charge in [-0.1, -0.05) is 5.16 Å². The third-order valence-corrected chi connectivity index (χ3v) is 4.35. The molecule has 0 bridgehead atoms. The Morgan fingerprint density at radius 3 is 2.92 bits per heavy atom. The van der Waals surface area contributed by atoms with Gasteiger partial charge in [-0.2, -0.15) is 4.98 Å². The number of hydrogen-bond donors (Lipinski definition) is 0. The molecule has 0 N–H and O–H groups in total. The molecule has 24 heavy (non-hydrogen) atoms. The maximum absolute atomic E-state index is 13.0. The topological polar surface area (TPSA) is 81.4 Å².